The summed E-state index contributed by atoms with van der Waals surface area (Å²) in [7, 11) is 1.63. The number of rotatable bonds is 7. The van der Waals surface area contributed by atoms with E-state index in [0.717, 1.165) is 19.3 Å². The van der Waals surface area contributed by atoms with Gasteiger partial charge in [0.1, 0.15) is 6.10 Å². The van der Waals surface area contributed by atoms with Crippen molar-refractivity contribution in [1.29, 1.82) is 0 Å². The number of carbonyl (C=O) groups is 1. The number of nitrogens with zero attached hydrogens (tertiary/aromatic N) is 2. The van der Waals surface area contributed by atoms with Crippen molar-refractivity contribution in [2.75, 3.05) is 7.11 Å². The molecule has 1 aromatic heterocycles. The molecule has 1 fully saturated rings. The molecule has 0 spiro atoms. The van der Waals surface area contributed by atoms with Crippen LogP contribution in [0.2, 0.25) is 0 Å². The minimum absolute atomic E-state index is 0.0351. The predicted octanol–water partition coefficient (Wildman–Crippen LogP) is 2.40. The van der Waals surface area contributed by atoms with E-state index in [1.807, 2.05) is 0 Å². The maximum absolute atomic E-state index is 11.9. The van der Waals surface area contributed by atoms with E-state index in [-0.39, 0.29) is 18.4 Å². The van der Waals surface area contributed by atoms with Crippen LogP contribution >= 0.6 is 0 Å². The number of hydrogen-bond acceptors (Lipinski definition) is 5. The zero-order valence-corrected chi connectivity index (χ0v) is 13.1. The van der Waals surface area contributed by atoms with Gasteiger partial charge in [0, 0.05) is 13.2 Å². The zero-order chi connectivity index (χ0) is 15.2. The van der Waals surface area contributed by atoms with Crippen molar-refractivity contribution in [2.24, 2.45) is 5.92 Å². The van der Waals surface area contributed by atoms with Gasteiger partial charge in [-0.25, -0.2) is 0 Å². The van der Waals surface area contributed by atoms with Gasteiger partial charge in [-0.2, -0.15) is 4.98 Å². The molecular formula is C15H25N3O3. The number of amides is 1. The molecule has 0 bridgehead atoms. The topological polar surface area (TPSA) is 77.2 Å². The van der Waals surface area contributed by atoms with Gasteiger partial charge in [-0.1, -0.05) is 31.8 Å². The third-order valence-corrected chi connectivity index (χ3v) is 3.77. The number of ether oxygens (including phenoxy) is 1. The van der Waals surface area contributed by atoms with Crippen LogP contribution in [-0.2, 0) is 16.0 Å². The van der Waals surface area contributed by atoms with Gasteiger partial charge in [-0.05, 0) is 25.2 Å². The normalized spacial score (nSPS) is 17.3. The zero-order valence-electron chi connectivity index (χ0n) is 13.1. The summed E-state index contributed by atoms with van der Waals surface area (Å²) in [6.07, 6.45) is 5.31. The molecule has 6 nitrogen and oxygen atoms in total. The molecule has 2 rings (SSSR count). The van der Waals surface area contributed by atoms with Crippen LogP contribution in [0.4, 0.5) is 0 Å². The van der Waals surface area contributed by atoms with Crippen LogP contribution in [-0.4, -0.2) is 29.2 Å². The predicted molar refractivity (Wildman–Crippen MR) is 77.6 cm³/mol. The highest BCUT2D eigenvalue weighted by molar-refractivity contribution is 5.78. The summed E-state index contributed by atoms with van der Waals surface area (Å²) in [6, 6.07) is 0.316. The summed E-state index contributed by atoms with van der Waals surface area (Å²) in [4.78, 5) is 16.2. The van der Waals surface area contributed by atoms with E-state index in [9.17, 15) is 4.79 Å². The fraction of sp³-hybridized carbons (Fsp3) is 0.800. The van der Waals surface area contributed by atoms with Crippen LogP contribution in [0.3, 0.4) is 0 Å². The van der Waals surface area contributed by atoms with Crippen molar-refractivity contribution in [3.05, 3.63) is 11.7 Å². The lowest BCUT2D eigenvalue weighted by Crippen LogP contribution is -2.33. The summed E-state index contributed by atoms with van der Waals surface area (Å²) in [5.41, 5.74) is 0. The van der Waals surface area contributed by atoms with Crippen molar-refractivity contribution in [2.45, 2.75) is 64.5 Å². The molecule has 1 N–H and O–H groups in total. The Bertz CT molecular complexity index is 453. The van der Waals surface area contributed by atoms with Crippen LogP contribution in [0, 0.1) is 5.92 Å². The van der Waals surface area contributed by atoms with E-state index in [1.54, 1.807) is 7.11 Å². The van der Waals surface area contributed by atoms with Crippen molar-refractivity contribution in [1.82, 2.24) is 15.5 Å². The summed E-state index contributed by atoms with van der Waals surface area (Å²) in [6.45, 7) is 4.22. The quantitative estimate of drug-likeness (QED) is 0.835. The SMILES string of the molecule is COC(CC(C)C)c1nc(CC(=O)NC2CCCC2)no1. The smallest absolute Gasteiger partial charge is 0.255 e. The van der Waals surface area contributed by atoms with E-state index in [1.165, 1.54) is 12.8 Å². The Hall–Kier alpha value is -1.43. The molecule has 0 aromatic carbocycles. The van der Waals surface area contributed by atoms with Crippen LogP contribution in [0.1, 0.15) is 63.8 Å². The number of carbonyl (C=O) groups excluding carboxylic acids is 1. The molecule has 118 valence electrons. The molecule has 1 aliphatic carbocycles. The van der Waals surface area contributed by atoms with Gasteiger partial charge in [0.25, 0.3) is 5.89 Å². The minimum Gasteiger partial charge on any atom is -0.372 e. The lowest BCUT2D eigenvalue weighted by atomic mass is 10.1. The van der Waals surface area contributed by atoms with Gasteiger partial charge in [0.05, 0.1) is 6.42 Å². The molecule has 1 amide bonds. The largest absolute Gasteiger partial charge is 0.372 e. The maximum atomic E-state index is 11.9. The first-order valence-corrected chi connectivity index (χ1v) is 7.73. The molecule has 1 saturated carbocycles. The average molecular weight is 295 g/mol. The average Bonchev–Trinajstić information content (AvgIpc) is 3.07. The monoisotopic (exact) mass is 295 g/mol. The van der Waals surface area contributed by atoms with Gasteiger partial charge in [-0.3, -0.25) is 4.79 Å². The van der Waals surface area contributed by atoms with Crippen LogP contribution in [0.15, 0.2) is 4.52 Å². The summed E-state index contributed by atoms with van der Waals surface area (Å²) < 4.78 is 10.6. The van der Waals surface area contributed by atoms with E-state index < -0.39 is 0 Å². The van der Waals surface area contributed by atoms with Gasteiger partial charge < -0.3 is 14.6 Å². The second kappa shape index (κ2) is 7.54. The Morgan fingerprint density at radius 1 is 1.43 bits per heavy atom. The van der Waals surface area contributed by atoms with Crippen LogP contribution < -0.4 is 5.32 Å². The highest BCUT2D eigenvalue weighted by Crippen LogP contribution is 2.23. The molecule has 0 saturated heterocycles. The number of aromatic nitrogens is 2. The number of hydrogen-bond donors (Lipinski definition) is 1. The van der Waals surface area contributed by atoms with Gasteiger partial charge >= 0.3 is 0 Å². The van der Waals surface area contributed by atoms with E-state index in [4.69, 9.17) is 9.26 Å². The lowest BCUT2D eigenvalue weighted by molar-refractivity contribution is -0.121. The number of methoxy groups -OCH3 is 1. The Balaban J connectivity index is 1.88. The maximum Gasteiger partial charge on any atom is 0.255 e. The molecule has 1 aliphatic rings. The van der Waals surface area contributed by atoms with Crippen molar-refractivity contribution < 1.29 is 14.1 Å². The van der Waals surface area contributed by atoms with Gasteiger partial charge in [0.15, 0.2) is 5.82 Å². The highest BCUT2D eigenvalue weighted by atomic mass is 16.5. The first-order chi connectivity index (χ1) is 10.1. The molecule has 1 heterocycles. The van der Waals surface area contributed by atoms with Crippen LogP contribution in [0.5, 0.6) is 0 Å². The minimum atomic E-state index is -0.204. The Labute approximate surface area is 125 Å². The molecule has 21 heavy (non-hydrogen) atoms. The Kier molecular flexibility index (Phi) is 5.73. The molecule has 1 atom stereocenters. The van der Waals surface area contributed by atoms with E-state index in [2.05, 4.69) is 29.3 Å². The summed E-state index contributed by atoms with van der Waals surface area (Å²) in [5.74, 6) is 1.31. The second-order valence-corrected chi connectivity index (χ2v) is 6.13. The first-order valence-electron chi connectivity index (χ1n) is 7.73. The second-order valence-electron chi connectivity index (χ2n) is 6.13. The van der Waals surface area contributed by atoms with E-state index >= 15 is 0 Å². The van der Waals surface area contributed by atoms with Crippen molar-refractivity contribution >= 4 is 5.91 Å². The Morgan fingerprint density at radius 3 is 2.76 bits per heavy atom. The summed E-state index contributed by atoms with van der Waals surface area (Å²) >= 11 is 0. The molecule has 1 unspecified atom stereocenters. The summed E-state index contributed by atoms with van der Waals surface area (Å²) in [5, 5.41) is 6.90. The Morgan fingerprint density at radius 2 is 2.14 bits per heavy atom. The van der Waals surface area contributed by atoms with E-state index in [0.29, 0.717) is 23.7 Å². The molecule has 0 radical (unpaired) electrons. The molecule has 0 aliphatic heterocycles. The van der Waals surface area contributed by atoms with Gasteiger partial charge in [0.2, 0.25) is 5.91 Å². The fourth-order valence-corrected chi connectivity index (χ4v) is 2.69. The highest BCUT2D eigenvalue weighted by Gasteiger charge is 2.22. The lowest BCUT2D eigenvalue weighted by Gasteiger charge is -2.12. The standard InChI is InChI=1S/C15H25N3O3/c1-10(2)8-12(20-3)15-17-13(18-21-15)9-14(19)16-11-6-4-5-7-11/h10-12H,4-9H2,1-3H3,(H,16,19). The molecule has 1 aromatic rings. The van der Waals surface area contributed by atoms with Gasteiger partial charge in [-0.15, -0.1) is 0 Å². The first kappa shape index (κ1) is 15.9. The van der Waals surface area contributed by atoms with Crippen molar-refractivity contribution in [3.63, 3.8) is 0 Å². The molecular weight excluding hydrogens is 270 g/mol. The third-order valence-electron chi connectivity index (χ3n) is 3.77. The molecule has 6 heteroatoms. The van der Waals surface area contributed by atoms with Crippen molar-refractivity contribution in [3.8, 4) is 0 Å². The van der Waals surface area contributed by atoms with Crippen LogP contribution in [0.25, 0.3) is 0 Å². The fourth-order valence-electron chi connectivity index (χ4n) is 2.69. The number of nitrogens with one attached hydrogen (secondary N) is 1. The third kappa shape index (κ3) is 4.81.